The molecule has 0 atom stereocenters. The molecule has 0 aliphatic rings. The first-order valence-electron chi connectivity index (χ1n) is 5.31. The van der Waals surface area contributed by atoms with Crippen LogP contribution in [-0.4, -0.2) is 36.8 Å². The maximum Gasteiger partial charge on any atom is 0.314 e. The third kappa shape index (κ3) is 2.70. The summed E-state index contributed by atoms with van der Waals surface area (Å²) in [6.07, 6.45) is 0.859. The zero-order chi connectivity index (χ0) is 13.1. The van der Waals surface area contributed by atoms with Crippen molar-refractivity contribution in [3.8, 4) is 11.6 Å². The molecule has 0 aromatic carbocycles. The van der Waals surface area contributed by atoms with Crippen LogP contribution in [0.2, 0.25) is 0 Å². The minimum atomic E-state index is -0.925. The summed E-state index contributed by atoms with van der Waals surface area (Å²) in [5.41, 5.74) is 1.66. The quantitative estimate of drug-likeness (QED) is 0.814. The van der Waals surface area contributed by atoms with Crippen LogP contribution in [0, 0.1) is 0 Å². The van der Waals surface area contributed by atoms with Crippen LogP contribution in [0.5, 0.6) is 0 Å². The van der Waals surface area contributed by atoms with Crippen molar-refractivity contribution in [2.24, 2.45) is 7.05 Å². The molecule has 0 aliphatic carbocycles. The fraction of sp³-hybridized carbons (Fsp3) is 0.400. The van der Waals surface area contributed by atoms with Gasteiger partial charge >= 0.3 is 5.97 Å². The molecule has 2 heterocycles. The van der Waals surface area contributed by atoms with E-state index in [0.717, 1.165) is 23.9 Å². The van der Waals surface area contributed by atoms with Gasteiger partial charge in [0, 0.05) is 12.7 Å². The molecule has 18 heavy (non-hydrogen) atoms. The van der Waals surface area contributed by atoms with Gasteiger partial charge in [-0.25, -0.2) is 0 Å². The van der Waals surface area contributed by atoms with E-state index >= 15 is 0 Å². The highest BCUT2D eigenvalue weighted by Crippen LogP contribution is 2.22. The summed E-state index contributed by atoms with van der Waals surface area (Å²) in [7, 11) is 1.85. The molecule has 0 aliphatic heterocycles. The second kappa shape index (κ2) is 5.21. The van der Waals surface area contributed by atoms with E-state index in [1.165, 1.54) is 0 Å². The first-order valence-corrected chi connectivity index (χ1v) is 6.30. The molecule has 0 fully saturated rings. The van der Waals surface area contributed by atoms with Crippen molar-refractivity contribution in [1.82, 2.24) is 20.0 Å². The zero-order valence-electron chi connectivity index (χ0n) is 9.95. The van der Waals surface area contributed by atoms with Gasteiger partial charge in [0.15, 0.2) is 0 Å². The summed E-state index contributed by atoms with van der Waals surface area (Å²) in [5, 5.41) is 20.6. The number of carboxylic acid groups (broad SMARTS) is 1. The van der Waals surface area contributed by atoms with Gasteiger partial charge in [-0.2, -0.15) is 5.10 Å². The SMILES string of the molecule is CCc1cc(-c2nnc(SCC(=O)O)o2)nn1C. The summed E-state index contributed by atoms with van der Waals surface area (Å²) in [6.45, 7) is 2.03. The lowest BCUT2D eigenvalue weighted by molar-refractivity contribution is -0.133. The number of aliphatic carboxylic acids is 1. The second-order valence-corrected chi connectivity index (χ2v) is 4.48. The maximum atomic E-state index is 10.4. The standard InChI is InChI=1S/C10H12N4O3S/c1-3-6-4-7(13-14(6)2)9-11-12-10(17-9)18-5-8(15)16/h4H,3,5H2,1-2H3,(H,15,16). The van der Waals surface area contributed by atoms with Crippen LogP contribution in [-0.2, 0) is 18.3 Å². The Kier molecular flexibility index (Phi) is 3.66. The summed E-state index contributed by atoms with van der Waals surface area (Å²) >= 11 is 0.986. The Balaban J connectivity index is 2.15. The summed E-state index contributed by atoms with van der Waals surface area (Å²) in [4.78, 5) is 10.4. The van der Waals surface area contributed by atoms with E-state index in [-0.39, 0.29) is 11.0 Å². The van der Waals surface area contributed by atoms with Gasteiger partial charge in [-0.05, 0) is 12.5 Å². The number of aryl methyl sites for hydroxylation is 2. The van der Waals surface area contributed by atoms with Crippen LogP contribution >= 0.6 is 11.8 Å². The number of hydrogen-bond donors (Lipinski definition) is 1. The fourth-order valence-electron chi connectivity index (χ4n) is 1.44. The first-order chi connectivity index (χ1) is 8.60. The Morgan fingerprint density at radius 3 is 2.94 bits per heavy atom. The Hall–Kier alpha value is -1.83. The molecule has 7 nitrogen and oxygen atoms in total. The maximum absolute atomic E-state index is 10.4. The third-order valence-corrected chi connectivity index (χ3v) is 3.09. The number of carboxylic acids is 1. The average molecular weight is 268 g/mol. The van der Waals surface area contributed by atoms with Crippen LogP contribution < -0.4 is 0 Å². The minimum absolute atomic E-state index is 0.107. The molecule has 1 N–H and O–H groups in total. The summed E-state index contributed by atoms with van der Waals surface area (Å²) < 4.78 is 7.09. The number of carbonyl (C=O) groups is 1. The molecule has 0 spiro atoms. The summed E-state index contributed by atoms with van der Waals surface area (Å²) in [6, 6.07) is 1.87. The number of rotatable bonds is 5. The smallest absolute Gasteiger partial charge is 0.314 e. The normalized spacial score (nSPS) is 10.8. The molecule has 0 bridgehead atoms. The lowest BCUT2D eigenvalue weighted by Crippen LogP contribution is -1.97. The zero-order valence-corrected chi connectivity index (χ0v) is 10.8. The molecule has 96 valence electrons. The number of hydrogen-bond acceptors (Lipinski definition) is 6. The van der Waals surface area contributed by atoms with Gasteiger partial charge in [0.1, 0.15) is 11.4 Å². The number of aromatic nitrogens is 4. The Labute approximate surface area is 107 Å². The van der Waals surface area contributed by atoms with Crippen LogP contribution in [0.4, 0.5) is 0 Å². The Morgan fingerprint density at radius 2 is 2.33 bits per heavy atom. The van der Waals surface area contributed by atoms with Gasteiger partial charge in [-0.15, -0.1) is 10.2 Å². The van der Waals surface area contributed by atoms with Crippen molar-refractivity contribution in [2.45, 2.75) is 18.6 Å². The van der Waals surface area contributed by atoms with Gasteiger partial charge < -0.3 is 9.52 Å². The van der Waals surface area contributed by atoms with Crippen molar-refractivity contribution >= 4 is 17.7 Å². The Bertz CT molecular complexity index is 563. The van der Waals surface area contributed by atoms with E-state index in [4.69, 9.17) is 9.52 Å². The highest BCUT2D eigenvalue weighted by atomic mass is 32.2. The van der Waals surface area contributed by atoms with E-state index in [1.54, 1.807) is 4.68 Å². The second-order valence-electron chi connectivity index (χ2n) is 3.55. The van der Waals surface area contributed by atoms with E-state index in [0.29, 0.717) is 11.6 Å². The van der Waals surface area contributed by atoms with Crippen LogP contribution in [0.1, 0.15) is 12.6 Å². The van der Waals surface area contributed by atoms with Gasteiger partial charge in [-0.1, -0.05) is 18.7 Å². The molecule has 0 radical (unpaired) electrons. The molecule has 8 heteroatoms. The first kappa shape index (κ1) is 12.6. The molecule has 2 aromatic heterocycles. The molecular formula is C10H12N4O3S. The van der Waals surface area contributed by atoms with Gasteiger partial charge in [0.25, 0.3) is 11.1 Å². The minimum Gasteiger partial charge on any atom is -0.481 e. The predicted molar refractivity (Wildman–Crippen MR) is 64.2 cm³/mol. The van der Waals surface area contributed by atoms with E-state index < -0.39 is 5.97 Å². The van der Waals surface area contributed by atoms with Crippen molar-refractivity contribution in [2.75, 3.05) is 5.75 Å². The highest BCUT2D eigenvalue weighted by molar-refractivity contribution is 7.99. The van der Waals surface area contributed by atoms with E-state index in [2.05, 4.69) is 15.3 Å². The van der Waals surface area contributed by atoms with Crippen molar-refractivity contribution < 1.29 is 14.3 Å². The third-order valence-electron chi connectivity index (χ3n) is 2.28. The summed E-state index contributed by atoms with van der Waals surface area (Å²) in [5.74, 6) is -0.728. The van der Waals surface area contributed by atoms with Crippen molar-refractivity contribution in [3.63, 3.8) is 0 Å². The van der Waals surface area contributed by atoms with Crippen molar-refractivity contribution in [3.05, 3.63) is 11.8 Å². The Morgan fingerprint density at radius 1 is 1.56 bits per heavy atom. The monoisotopic (exact) mass is 268 g/mol. The molecule has 2 aromatic rings. The molecule has 0 saturated carbocycles. The van der Waals surface area contributed by atoms with Crippen molar-refractivity contribution in [1.29, 1.82) is 0 Å². The highest BCUT2D eigenvalue weighted by Gasteiger charge is 2.14. The number of nitrogens with zero attached hydrogens (tertiary/aromatic N) is 4. The predicted octanol–water partition coefficient (Wildman–Crippen LogP) is 1.21. The lowest BCUT2D eigenvalue weighted by Gasteiger charge is -1.92. The van der Waals surface area contributed by atoms with Gasteiger partial charge in [-0.3, -0.25) is 9.48 Å². The molecule has 0 saturated heterocycles. The molecule has 2 rings (SSSR count). The molecular weight excluding hydrogens is 256 g/mol. The average Bonchev–Trinajstić information content (AvgIpc) is 2.92. The largest absolute Gasteiger partial charge is 0.481 e. The topological polar surface area (TPSA) is 94.0 Å². The van der Waals surface area contributed by atoms with Gasteiger partial charge in [0.05, 0.1) is 0 Å². The van der Waals surface area contributed by atoms with Gasteiger partial charge in [0.2, 0.25) is 0 Å². The van der Waals surface area contributed by atoms with Crippen LogP contribution in [0.25, 0.3) is 11.6 Å². The van der Waals surface area contributed by atoms with E-state index in [1.807, 2.05) is 20.0 Å². The molecule has 0 amide bonds. The number of thioether (sulfide) groups is 1. The van der Waals surface area contributed by atoms with Crippen LogP contribution in [0.3, 0.4) is 0 Å². The molecule has 0 unspecified atom stereocenters. The van der Waals surface area contributed by atoms with Crippen LogP contribution in [0.15, 0.2) is 15.7 Å². The lowest BCUT2D eigenvalue weighted by atomic mass is 10.3. The van der Waals surface area contributed by atoms with E-state index in [9.17, 15) is 4.79 Å². The fourth-order valence-corrected chi connectivity index (χ4v) is 1.92.